The zero-order valence-electron chi connectivity index (χ0n) is 21.8. The van der Waals surface area contributed by atoms with Crippen LogP contribution in [0.5, 0.6) is 0 Å². The number of nitrogens with zero attached hydrogens (tertiary/aromatic N) is 4. The number of rotatable bonds is 5. The summed E-state index contributed by atoms with van der Waals surface area (Å²) in [6.07, 6.45) is -4.16. The number of benzene rings is 1. The maximum atomic E-state index is 14.1. The lowest BCUT2D eigenvalue weighted by Crippen LogP contribution is -2.41. The normalized spacial score (nSPS) is 15.4. The standard InChI is InChI=1S/C27H27F3N4O4S/c1-5-37-23(35)15-34-13-21(24(32-34)27(28,29)30)18-9-7-6-8-17(18)20-12-33(25(36)38-26(2,3)4)14-22-19(20)10-16(11-31)39-22/h6-10,13,20H,5,12,14-15H2,1-4H3/t20-/m0/s1. The molecule has 0 aliphatic carbocycles. The molecule has 3 heterocycles. The molecule has 0 fully saturated rings. The van der Waals surface area contributed by atoms with E-state index in [0.29, 0.717) is 10.4 Å². The minimum Gasteiger partial charge on any atom is -0.465 e. The van der Waals surface area contributed by atoms with E-state index in [1.54, 1.807) is 58.0 Å². The van der Waals surface area contributed by atoms with Crippen molar-refractivity contribution in [1.82, 2.24) is 14.7 Å². The number of esters is 1. The van der Waals surface area contributed by atoms with Gasteiger partial charge in [0.1, 0.15) is 23.1 Å². The van der Waals surface area contributed by atoms with Crippen LogP contribution in [-0.2, 0) is 33.5 Å². The summed E-state index contributed by atoms with van der Waals surface area (Å²) in [5, 5.41) is 13.2. The van der Waals surface area contributed by atoms with Crippen LogP contribution in [0.15, 0.2) is 36.5 Å². The van der Waals surface area contributed by atoms with Crippen molar-refractivity contribution in [2.45, 2.75) is 58.5 Å². The van der Waals surface area contributed by atoms with Gasteiger partial charge in [0.2, 0.25) is 0 Å². The number of hydrogen-bond acceptors (Lipinski definition) is 7. The van der Waals surface area contributed by atoms with Crippen molar-refractivity contribution in [3.63, 3.8) is 0 Å². The minimum absolute atomic E-state index is 0.0887. The Morgan fingerprint density at radius 2 is 1.90 bits per heavy atom. The monoisotopic (exact) mass is 560 g/mol. The molecule has 4 rings (SSSR count). The Kier molecular flexibility index (Phi) is 7.75. The lowest BCUT2D eigenvalue weighted by Gasteiger charge is -2.35. The molecule has 3 aromatic rings. The van der Waals surface area contributed by atoms with Crippen molar-refractivity contribution in [2.24, 2.45) is 0 Å². The predicted molar refractivity (Wildman–Crippen MR) is 137 cm³/mol. The molecule has 1 aromatic carbocycles. The van der Waals surface area contributed by atoms with E-state index in [2.05, 4.69) is 11.2 Å². The molecule has 0 N–H and O–H groups in total. The van der Waals surface area contributed by atoms with E-state index in [0.717, 1.165) is 15.1 Å². The van der Waals surface area contributed by atoms with E-state index in [9.17, 15) is 28.0 Å². The molecule has 8 nitrogen and oxygen atoms in total. The number of amides is 1. The molecule has 1 amide bonds. The summed E-state index contributed by atoms with van der Waals surface area (Å²) >= 11 is 1.24. The van der Waals surface area contributed by atoms with Crippen LogP contribution in [0.2, 0.25) is 0 Å². The van der Waals surface area contributed by atoms with Gasteiger partial charge in [0, 0.05) is 29.1 Å². The molecule has 1 aliphatic rings. The number of hydrogen-bond donors (Lipinski definition) is 0. The van der Waals surface area contributed by atoms with Gasteiger partial charge in [-0.3, -0.25) is 9.48 Å². The number of halogens is 3. The van der Waals surface area contributed by atoms with E-state index in [1.807, 2.05) is 0 Å². The Balaban J connectivity index is 1.83. The Bertz CT molecular complexity index is 1430. The molecule has 1 aliphatic heterocycles. The van der Waals surface area contributed by atoms with Gasteiger partial charge in [-0.15, -0.1) is 11.3 Å². The number of carbonyl (C=O) groups is 2. The third-order valence-electron chi connectivity index (χ3n) is 5.97. The fourth-order valence-corrected chi connectivity index (χ4v) is 5.53. The molecule has 2 aromatic heterocycles. The second-order valence-electron chi connectivity index (χ2n) is 9.99. The van der Waals surface area contributed by atoms with Crippen LogP contribution in [0.1, 0.15) is 60.2 Å². The maximum Gasteiger partial charge on any atom is 0.435 e. The van der Waals surface area contributed by atoms with Crippen molar-refractivity contribution >= 4 is 23.4 Å². The van der Waals surface area contributed by atoms with Gasteiger partial charge >= 0.3 is 18.2 Å². The quantitative estimate of drug-likeness (QED) is 0.358. The number of aromatic nitrogens is 2. The third kappa shape index (κ3) is 6.25. The lowest BCUT2D eigenvalue weighted by atomic mass is 9.84. The topological polar surface area (TPSA) is 97.5 Å². The van der Waals surface area contributed by atoms with Gasteiger partial charge < -0.3 is 14.4 Å². The van der Waals surface area contributed by atoms with Gasteiger partial charge in [0.15, 0.2) is 5.69 Å². The highest BCUT2D eigenvalue weighted by Crippen LogP contribution is 2.44. The van der Waals surface area contributed by atoms with Crippen LogP contribution >= 0.6 is 11.3 Å². The molecule has 0 unspecified atom stereocenters. The summed E-state index contributed by atoms with van der Waals surface area (Å²) < 4.78 is 53.7. The summed E-state index contributed by atoms with van der Waals surface area (Å²) in [6.45, 7) is 6.82. The van der Waals surface area contributed by atoms with E-state index in [4.69, 9.17) is 9.47 Å². The van der Waals surface area contributed by atoms with Crippen LogP contribution in [0.25, 0.3) is 11.1 Å². The van der Waals surface area contributed by atoms with Crippen molar-refractivity contribution < 1.29 is 32.2 Å². The van der Waals surface area contributed by atoms with Crippen LogP contribution in [0, 0.1) is 11.3 Å². The fourth-order valence-electron chi connectivity index (χ4n) is 4.50. The maximum absolute atomic E-state index is 14.1. The van der Waals surface area contributed by atoms with E-state index in [1.165, 1.54) is 22.4 Å². The Morgan fingerprint density at radius 1 is 1.18 bits per heavy atom. The Morgan fingerprint density at radius 3 is 2.54 bits per heavy atom. The van der Waals surface area contributed by atoms with E-state index in [-0.39, 0.29) is 30.8 Å². The molecule has 12 heteroatoms. The molecule has 0 spiro atoms. The lowest BCUT2D eigenvalue weighted by molar-refractivity contribution is -0.145. The molecule has 39 heavy (non-hydrogen) atoms. The van der Waals surface area contributed by atoms with Crippen molar-refractivity contribution in [3.05, 3.63) is 63.1 Å². The van der Waals surface area contributed by atoms with Gasteiger partial charge in [-0.1, -0.05) is 24.3 Å². The molecular weight excluding hydrogens is 533 g/mol. The second-order valence-corrected chi connectivity index (χ2v) is 11.1. The highest BCUT2D eigenvalue weighted by molar-refractivity contribution is 7.12. The average Bonchev–Trinajstić information content (AvgIpc) is 3.46. The smallest absolute Gasteiger partial charge is 0.435 e. The Hall–Kier alpha value is -3.85. The number of fused-ring (bicyclic) bond motifs is 1. The van der Waals surface area contributed by atoms with Gasteiger partial charge in [0.05, 0.1) is 13.2 Å². The predicted octanol–water partition coefficient (Wildman–Crippen LogP) is 5.95. The molecule has 0 radical (unpaired) electrons. The van der Waals surface area contributed by atoms with Crippen LogP contribution < -0.4 is 0 Å². The average molecular weight is 561 g/mol. The number of alkyl halides is 3. The summed E-state index contributed by atoms with van der Waals surface area (Å²) in [5.41, 5.74) is -0.526. The van der Waals surface area contributed by atoms with Crippen molar-refractivity contribution in [3.8, 4) is 17.2 Å². The van der Waals surface area contributed by atoms with Gasteiger partial charge in [-0.25, -0.2) is 4.79 Å². The van der Waals surface area contributed by atoms with Crippen molar-refractivity contribution in [1.29, 1.82) is 5.26 Å². The van der Waals surface area contributed by atoms with Gasteiger partial charge in [0.25, 0.3) is 0 Å². The van der Waals surface area contributed by atoms with Gasteiger partial charge in [-0.2, -0.15) is 23.5 Å². The Labute approximate surface area is 227 Å². The van der Waals surface area contributed by atoms with Gasteiger partial charge in [-0.05, 0) is 50.5 Å². The van der Waals surface area contributed by atoms with Crippen LogP contribution in [0.3, 0.4) is 0 Å². The third-order valence-corrected chi connectivity index (χ3v) is 7.01. The fraction of sp³-hybridized carbons (Fsp3) is 0.407. The highest BCUT2D eigenvalue weighted by atomic mass is 32.1. The summed E-state index contributed by atoms with van der Waals surface area (Å²) in [4.78, 5) is 27.7. The molecule has 0 saturated carbocycles. The summed E-state index contributed by atoms with van der Waals surface area (Å²) in [6, 6.07) is 10.4. The van der Waals surface area contributed by atoms with E-state index >= 15 is 0 Å². The highest BCUT2D eigenvalue weighted by Gasteiger charge is 2.40. The summed E-state index contributed by atoms with van der Waals surface area (Å²) in [7, 11) is 0. The van der Waals surface area contributed by atoms with Crippen LogP contribution in [-0.4, -0.2) is 45.5 Å². The number of carbonyl (C=O) groups excluding carboxylic acids is 2. The molecule has 206 valence electrons. The first-order valence-corrected chi connectivity index (χ1v) is 13.0. The number of nitriles is 1. The van der Waals surface area contributed by atoms with Crippen LogP contribution in [0.4, 0.5) is 18.0 Å². The first kappa shape index (κ1) is 28.2. The summed E-state index contributed by atoms with van der Waals surface area (Å²) in [5.74, 6) is -1.24. The zero-order valence-corrected chi connectivity index (χ0v) is 22.7. The van der Waals surface area contributed by atoms with Crippen molar-refractivity contribution in [2.75, 3.05) is 13.2 Å². The first-order chi connectivity index (χ1) is 18.3. The van der Waals surface area contributed by atoms with E-state index < -0.39 is 42.0 Å². The molecule has 1 atom stereocenters. The minimum atomic E-state index is -4.79. The number of ether oxygens (including phenoxy) is 2. The SMILES string of the molecule is CCOC(=O)Cn1cc(-c2ccccc2[C@@H]2CN(C(=O)OC(C)(C)C)Cc3sc(C#N)cc32)c(C(F)(F)F)n1. The molecular formula is C27H27F3N4O4S. The first-order valence-electron chi connectivity index (χ1n) is 12.2. The second kappa shape index (κ2) is 10.7. The molecule has 0 bridgehead atoms. The zero-order chi connectivity index (χ0) is 28.5. The number of thiophene rings is 1. The molecule has 0 saturated heterocycles. The largest absolute Gasteiger partial charge is 0.465 e.